The molecule has 17 heavy (non-hydrogen) atoms. The lowest BCUT2D eigenvalue weighted by molar-refractivity contribution is -0.139. The number of aliphatic carboxylic acids is 1. The Labute approximate surface area is 99.8 Å². The number of aryl methyl sites for hydroxylation is 1. The van der Waals surface area contributed by atoms with E-state index in [9.17, 15) is 9.59 Å². The van der Waals surface area contributed by atoms with Crippen LogP contribution in [0, 0.1) is 6.92 Å². The third-order valence-electron chi connectivity index (χ3n) is 2.24. The van der Waals surface area contributed by atoms with Gasteiger partial charge in [-0.2, -0.15) is 0 Å². The lowest BCUT2D eigenvalue weighted by Gasteiger charge is -2.09. The molecule has 0 heterocycles. The summed E-state index contributed by atoms with van der Waals surface area (Å²) in [5.74, 6) is -1.24. The van der Waals surface area contributed by atoms with Gasteiger partial charge in [-0.3, -0.25) is 14.9 Å². The summed E-state index contributed by atoms with van der Waals surface area (Å²) in [5.41, 5.74) is 1.76. The molecule has 0 spiro atoms. The minimum Gasteiger partial charge on any atom is -0.480 e. The third-order valence-corrected chi connectivity index (χ3v) is 2.24. The van der Waals surface area contributed by atoms with E-state index in [0.29, 0.717) is 5.69 Å². The van der Waals surface area contributed by atoms with E-state index < -0.39 is 12.0 Å². The zero-order chi connectivity index (χ0) is 12.8. The van der Waals surface area contributed by atoms with Crippen LogP contribution < -0.4 is 10.6 Å². The number of rotatable bonds is 5. The first kappa shape index (κ1) is 13.2. The van der Waals surface area contributed by atoms with Crippen LogP contribution in [0.25, 0.3) is 0 Å². The highest BCUT2D eigenvalue weighted by molar-refractivity contribution is 5.92. The van der Waals surface area contributed by atoms with Crippen molar-refractivity contribution in [3.63, 3.8) is 0 Å². The van der Waals surface area contributed by atoms with E-state index >= 15 is 0 Å². The van der Waals surface area contributed by atoms with Gasteiger partial charge in [0.25, 0.3) is 0 Å². The van der Waals surface area contributed by atoms with Crippen LogP contribution in [0.15, 0.2) is 24.3 Å². The van der Waals surface area contributed by atoms with E-state index in [4.69, 9.17) is 5.11 Å². The number of amides is 1. The quantitative estimate of drug-likeness (QED) is 0.712. The number of carbonyl (C=O) groups excluding carboxylic acids is 1. The van der Waals surface area contributed by atoms with Crippen LogP contribution in [0.5, 0.6) is 0 Å². The molecule has 1 amide bonds. The van der Waals surface area contributed by atoms with E-state index in [1.165, 1.54) is 6.92 Å². The highest BCUT2D eigenvalue weighted by Crippen LogP contribution is 2.08. The number of carboxylic acid groups (broad SMARTS) is 1. The SMILES string of the molecule is Cc1cccc(NC(=O)CNC(C)C(=O)O)c1. The molecule has 1 unspecified atom stereocenters. The molecular formula is C12H16N2O3. The molecule has 0 aromatic heterocycles. The predicted octanol–water partition coefficient (Wildman–Crippen LogP) is 0.996. The van der Waals surface area contributed by atoms with E-state index in [-0.39, 0.29) is 12.5 Å². The first-order chi connectivity index (χ1) is 7.99. The van der Waals surface area contributed by atoms with Gasteiger partial charge in [0.2, 0.25) is 5.91 Å². The zero-order valence-corrected chi connectivity index (χ0v) is 9.86. The molecule has 1 atom stereocenters. The van der Waals surface area contributed by atoms with Crippen molar-refractivity contribution in [1.82, 2.24) is 5.32 Å². The van der Waals surface area contributed by atoms with Crippen molar-refractivity contribution >= 4 is 17.6 Å². The number of carboxylic acids is 1. The fraction of sp³-hybridized carbons (Fsp3) is 0.333. The molecule has 0 radical (unpaired) electrons. The van der Waals surface area contributed by atoms with Crippen LogP contribution in [0.2, 0.25) is 0 Å². The van der Waals surface area contributed by atoms with Crippen molar-refractivity contribution in [2.75, 3.05) is 11.9 Å². The topological polar surface area (TPSA) is 78.4 Å². The third kappa shape index (κ3) is 4.65. The summed E-state index contributed by atoms with van der Waals surface area (Å²) in [6.07, 6.45) is 0. The van der Waals surface area contributed by atoms with Gasteiger partial charge in [0.15, 0.2) is 0 Å². The zero-order valence-electron chi connectivity index (χ0n) is 9.86. The second-order valence-corrected chi connectivity index (χ2v) is 3.86. The Kier molecular flexibility index (Phi) is 4.66. The molecular weight excluding hydrogens is 220 g/mol. The molecule has 5 heteroatoms. The molecule has 92 valence electrons. The molecule has 1 rings (SSSR count). The Morgan fingerprint density at radius 2 is 2.12 bits per heavy atom. The molecule has 0 aliphatic carbocycles. The van der Waals surface area contributed by atoms with E-state index in [0.717, 1.165) is 5.56 Å². The summed E-state index contributed by atoms with van der Waals surface area (Å²) in [7, 11) is 0. The average molecular weight is 236 g/mol. The van der Waals surface area contributed by atoms with Crippen LogP contribution in [0.3, 0.4) is 0 Å². The molecule has 0 aliphatic rings. The van der Waals surface area contributed by atoms with Crippen molar-refractivity contribution < 1.29 is 14.7 Å². The maximum atomic E-state index is 11.5. The van der Waals surface area contributed by atoms with Crippen molar-refractivity contribution in [2.24, 2.45) is 0 Å². The summed E-state index contributed by atoms with van der Waals surface area (Å²) in [6.45, 7) is 3.39. The monoisotopic (exact) mass is 236 g/mol. The molecule has 0 saturated heterocycles. The fourth-order valence-corrected chi connectivity index (χ4v) is 1.26. The number of nitrogens with one attached hydrogen (secondary N) is 2. The number of anilines is 1. The largest absolute Gasteiger partial charge is 0.480 e. The smallest absolute Gasteiger partial charge is 0.320 e. The van der Waals surface area contributed by atoms with Gasteiger partial charge in [-0.1, -0.05) is 12.1 Å². The summed E-state index contributed by atoms with van der Waals surface area (Å²) < 4.78 is 0. The Bertz CT molecular complexity index is 418. The van der Waals surface area contributed by atoms with Gasteiger partial charge in [0, 0.05) is 5.69 Å². The molecule has 1 aromatic rings. The summed E-state index contributed by atoms with van der Waals surface area (Å²) in [5, 5.41) is 13.9. The Morgan fingerprint density at radius 1 is 1.41 bits per heavy atom. The number of benzene rings is 1. The molecule has 0 aliphatic heterocycles. The van der Waals surface area contributed by atoms with Crippen molar-refractivity contribution in [2.45, 2.75) is 19.9 Å². The van der Waals surface area contributed by atoms with E-state index in [1.54, 1.807) is 6.07 Å². The minimum atomic E-state index is -0.978. The van der Waals surface area contributed by atoms with Crippen molar-refractivity contribution in [1.29, 1.82) is 0 Å². The van der Waals surface area contributed by atoms with Crippen LogP contribution in [0.1, 0.15) is 12.5 Å². The molecule has 0 fully saturated rings. The lowest BCUT2D eigenvalue weighted by atomic mass is 10.2. The van der Waals surface area contributed by atoms with Gasteiger partial charge in [0.1, 0.15) is 6.04 Å². The highest BCUT2D eigenvalue weighted by atomic mass is 16.4. The highest BCUT2D eigenvalue weighted by Gasteiger charge is 2.11. The summed E-state index contributed by atoms with van der Waals surface area (Å²) in [6, 6.07) is 6.67. The van der Waals surface area contributed by atoms with Gasteiger partial charge in [-0.25, -0.2) is 0 Å². The molecule has 1 aromatic carbocycles. The minimum absolute atomic E-state index is 0.0264. The van der Waals surface area contributed by atoms with Crippen molar-refractivity contribution in [3.8, 4) is 0 Å². The Balaban J connectivity index is 2.42. The van der Waals surface area contributed by atoms with Crippen molar-refractivity contribution in [3.05, 3.63) is 29.8 Å². The van der Waals surface area contributed by atoms with E-state index in [2.05, 4.69) is 10.6 Å². The maximum Gasteiger partial charge on any atom is 0.320 e. The summed E-state index contributed by atoms with van der Waals surface area (Å²) in [4.78, 5) is 22.0. The Morgan fingerprint density at radius 3 is 2.71 bits per heavy atom. The summed E-state index contributed by atoms with van der Waals surface area (Å²) >= 11 is 0. The first-order valence-electron chi connectivity index (χ1n) is 5.32. The second kappa shape index (κ2) is 6.00. The molecule has 0 saturated carbocycles. The second-order valence-electron chi connectivity index (χ2n) is 3.86. The molecule has 0 bridgehead atoms. The predicted molar refractivity (Wildman–Crippen MR) is 64.9 cm³/mol. The molecule has 5 nitrogen and oxygen atoms in total. The van der Waals surface area contributed by atoms with Gasteiger partial charge in [-0.15, -0.1) is 0 Å². The molecule has 3 N–H and O–H groups in total. The number of carbonyl (C=O) groups is 2. The van der Waals surface area contributed by atoms with Crippen LogP contribution >= 0.6 is 0 Å². The van der Waals surface area contributed by atoms with E-state index in [1.807, 2.05) is 25.1 Å². The number of hydrogen-bond acceptors (Lipinski definition) is 3. The van der Waals surface area contributed by atoms with Gasteiger partial charge in [-0.05, 0) is 31.5 Å². The fourth-order valence-electron chi connectivity index (χ4n) is 1.26. The maximum absolute atomic E-state index is 11.5. The lowest BCUT2D eigenvalue weighted by Crippen LogP contribution is -2.39. The number of hydrogen-bond donors (Lipinski definition) is 3. The van der Waals surface area contributed by atoms with Crippen LogP contribution in [-0.2, 0) is 9.59 Å². The van der Waals surface area contributed by atoms with Crippen LogP contribution in [0.4, 0.5) is 5.69 Å². The van der Waals surface area contributed by atoms with Crippen LogP contribution in [-0.4, -0.2) is 29.6 Å². The first-order valence-corrected chi connectivity index (χ1v) is 5.32. The normalized spacial score (nSPS) is 11.9. The van der Waals surface area contributed by atoms with Gasteiger partial charge >= 0.3 is 5.97 Å². The van der Waals surface area contributed by atoms with Gasteiger partial charge in [0.05, 0.1) is 6.54 Å². The average Bonchev–Trinajstić information content (AvgIpc) is 2.25. The van der Waals surface area contributed by atoms with Gasteiger partial charge < -0.3 is 10.4 Å². The standard InChI is InChI=1S/C12H16N2O3/c1-8-4-3-5-10(6-8)14-11(15)7-13-9(2)12(16)17/h3-6,9,13H,7H2,1-2H3,(H,14,15)(H,16,17). The Hall–Kier alpha value is -1.88.